The van der Waals surface area contributed by atoms with E-state index >= 15 is 0 Å². The maximum Gasteiger partial charge on any atom is 0.320 e. The van der Waals surface area contributed by atoms with Crippen molar-refractivity contribution in [3.8, 4) is 0 Å². The van der Waals surface area contributed by atoms with Gasteiger partial charge in [-0.05, 0) is 44.0 Å². The Kier molecular flexibility index (Phi) is 5.84. The summed E-state index contributed by atoms with van der Waals surface area (Å²) < 4.78 is 0. The molecule has 136 valence electrons. The molecule has 0 saturated heterocycles. The molecule has 3 rings (SSSR count). The second-order valence-electron chi connectivity index (χ2n) is 6.63. The van der Waals surface area contributed by atoms with E-state index in [1.807, 2.05) is 18.2 Å². The largest absolute Gasteiger partial charge is 0.354 e. The van der Waals surface area contributed by atoms with E-state index in [4.69, 9.17) is 0 Å². The lowest BCUT2D eigenvalue weighted by Gasteiger charge is -2.22. The minimum atomic E-state index is -0.209. The van der Waals surface area contributed by atoms with Gasteiger partial charge in [-0.15, -0.1) is 0 Å². The van der Waals surface area contributed by atoms with Crippen molar-refractivity contribution in [2.75, 3.05) is 10.6 Å². The van der Waals surface area contributed by atoms with Crippen molar-refractivity contribution < 1.29 is 9.59 Å². The van der Waals surface area contributed by atoms with Gasteiger partial charge in [0.2, 0.25) is 0 Å². The van der Waals surface area contributed by atoms with Crippen LogP contribution in [0.4, 0.5) is 22.0 Å². The fourth-order valence-corrected chi connectivity index (χ4v) is 3.11. The fourth-order valence-electron chi connectivity index (χ4n) is 3.11. The van der Waals surface area contributed by atoms with Gasteiger partial charge in [0, 0.05) is 17.3 Å². The van der Waals surface area contributed by atoms with E-state index < -0.39 is 0 Å². The summed E-state index contributed by atoms with van der Waals surface area (Å²) in [6, 6.07) is 10.9. The summed E-state index contributed by atoms with van der Waals surface area (Å²) in [6.07, 6.45) is 7.34. The SMILES string of the molecule is CC(=O)c1cccc(Nc2ccc(NC(=O)NC3CCCCC3)nc2)c1. The molecule has 0 aliphatic heterocycles. The average Bonchev–Trinajstić information content (AvgIpc) is 2.64. The number of hydrogen-bond donors (Lipinski definition) is 3. The molecule has 1 heterocycles. The highest BCUT2D eigenvalue weighted by Crippen LogP contribution is 2.19. The predicted octanol–water partition coefficient (Wildman–Crippen LogP) is 4.48. The van der Waals surface area contributed by atoms with E-state index in [1.165, 1.54) is 19.3 Å². The number of nitrogens with one attached hydrogen (secondary N) is 3. The van der Waals surface area contributed by atoms with Crippen molar-refractivity contribution in [3.63, 3.8) is 0 Å². The van der Waals surface area contributed by atoms with Crippen LogP contribution in [0.15, 0.2) is 42.6 Å². The maximum absolute atomic E-state index is 12.0. The number of ketones is 1. The number of rotatable bonds is 5. The van der Waals surface area contributed by atoms with Crippen LogP contribution >= 0.6 is 0 Å². The number of carbonyl (C=O) groups excluding carboxylic acids is 2. The van der Waals surface area contributed by atoms with Crippen LogP contribution in [0.1, 0.15) is 49.4 Å². The number of urea groups is 1. The number of anilines is 3. The van der Waals surface area contributed by atoms with Crippen LogP contribution in [0.5, 0.6) is 0 Å². The third-order valence-corrected chi connectivity index (χ3v) is 4.50. The van der Waals surface area contributed by atoms with Gasteiger partial charge in [-0.1, -0.05) is 31.4 Å². The quantitative estimate of drug-likeness (QED) is 0.693. The molecule has 3 N–H and O–H groups in total. The van der Waals surface area contributed by atoms with Gasteiger partial charge < -0.3 is 10.6 Å². The lowest BCUT2D eigenvalue weighted by Crippen LogP contribution is -2.39. The zero-order chi connectivity index (χ0) is 18.4. The summed E-state index contributed by atoms with van der Waals surface area (Å²) in [5.41, 5.74) is 2.25. The van der Waals surface area contributed by atoms with Crippen LogP contribution < -0.4 is 16.0 Å². The highest BCUT2D eigenvalue weighted by Gasteiger charge is 2.15. The van der Waals surface area contributed by atoms with E-state index in [1.54, 1.807) is 31.3 Å². The first kappa shape index (κ1) is 17.9. The fraction of sp³-hybridized carbons (Fsp3) is 0.350. The van der Waals surface area contributed by atoms with Crippen molar-refractivity contribution >= 4 is 29.0 Å². The summed E-state index contributed by atoms with van der Waals surface area (Å²) >= 11 is 0. The predicted molar refractivity (Wildman–Crippen MR) is 103 cm³/mol. The standard InChI is InChI=1S/C20H24N4O2/c1-14(25)15-6-5-9-17(12-15)22-18-10-11-19(21-13-18)24-20(26)23-16-7-3-2-4-8-16/h5-6,9-13,16,22H,2-4,7-8H2,1H3,(H2,21,23,24,26). The van der Waals surface area contributed by atoms with Crippen molar-refractivity contribution in [3.05, 3.63) is 48.2 Å². The zero-order valence-corrected chi connectivity index (χ0v) is 14.9. The van der Waals surface area contributed by atoms with Crippen LogP contribution in [0.2, 0.25) is 0 Å². The summed E-state index contributed by atoms with van der Waals surface area (Å²) in [7, 11) is 0. The number of amides is 2. The molecule has 0 bridgehead atoms. The monoisotopic (exact) mass is 352 g/mol. The highest BCUT2D eigenvalue weighted by atomic mass is 16.2. The molecule has 0 radical (unpaired) electrons. The van der Waals surface area contributed by atoms with E-state index in [0.29, 0.717) is 11.4 Å². The van der Waals surface area contributed by atoms with Crippen molar-refractivity contribution in [1.82, 2.24) is 10.3 Å². The molecule has 6 heteroatoms. The lowest BCUT2D eigenvalue weighted by atomic mass is 9.96. The summed E-state index contributed by atoms with van der Waals surface area (Å²) in [4.78, 5) is 27.8. The second kappa shape index (κ2) is 8.47. The molecule has 1 aliphatic rings. The van der Waals surface area contributed by atoms with Gasteiger partial charge in [0.25, 0.3) is 0 Å². The maximum atomic E-state index is 12.0. The Morgan fingerprint density at radius 3 is 2.54 bits per heavy atom. The van der Waals surface area contributed by atoms with Crippen LogP contribution in [0.25, 0.3) is 0 Å². The summed E-state index contributed by atoms with van der Waals surface area (Å²) in [6.45, 7) is 1.54. The first-order valence-electron chi connectivity index (χ1n) is 9.02. The lowest BCUT2D eigenvalue weighted by molar-refractivity contribution is 0.101. The van der Waals surface area contributed by atoms with Gasteiger partial charge in [0.1, 0.15) is 5.82 Å². The Bertz CT molecular complexity index is 768. The van der Waals surface area contributed by atoms with E-state index in [2.05, 4.69) is 20.9 Å². The molecule has 2 aromatic rings. The minimum Gasteiger partial charge on any atom is -0.354 e. The molecule has 0 unspecified atom stereocenters. The topological polar surface area (TPSA) is 83.1 Å². The van der Waals surface area contributed by atoms with Crippen molar-refractivity contribution in [2.24, 2.45) is 0 Å². The van der Waals surface area contributed by atoms with E-state index in [9.17, 15) is 9.59 Å². The number of benzene rings is 1. The van der Waals surface area contributed by atoms with Gasteiger partial charge in [-0.2, -0.15) is 0 Å². The number of aromatic nitrogens is 1. The van der Waals surface area contributed by atoms with Crippen LogP contribution in [0, 0.1) is 0 Å². The van der Waals surface area contributed by atoms with E-state index in [0.717, 1.165) is 24.2 Å². The number of Topliss-reactive ketones (excluding diaryl/α,β-unsaturated/α-hetero) is 1. The number of pyridine rings is 1. The molecule has 6 nitrogen and oxygen atoms in total. The van der Waals surface area contributed by atoms with Crippen molar-refractivity contribution in [2.45, 2.75) is 45.1 Å². The smallest absolute Gasteiger partial charge is 0.320 e. The van der Waals surface area contributed by atoms with Gasteiger partial charge in [0.15, 0.2) is 5.78 Å². The molecule has 1 aromatic carbocycles. The number of hydrogen-bond acceptors (Lipinski definition) is 4. The zero-order valence-electron chi connectivity index (χ0n) is 14.9. The molecule has 0 spiro atoms. The molecule has 2 amide bonds. The first-order valence-corrected chi connectivity index (χ1v) is 9.02. The molecule has 1 aliphatic carbocycles. The Morgan fingerprint density at radius 2 is 1.85 bits per heavy atom. The highest BCUT2D eigenvalue weighted by molar-refractivity contribution is 5.95. The minimum absolute atomic E-state index is 0.0234. The Hall–Kier alpha value is -2.89. The van der Waals surface area contributed by atoms with Gasteiger partial charge in [-0.25, -0.2) is 9.78 Å². The number of nitrogens with zero attached hydrogens (tertiary/aromatic N) is 1. The third-order valence-electron chi connectivity index (χ3n) is 4.50. The van der Waals surface area contributed by atoms with Gasteiger partial charge in [0.05, 0.1) is 11.9 Å². The molecule has 1 fully saturated rings. The van der Waals surface area contributed by atoms with Crippen LogP contribution in [-0.2, 0) is 0 Å². The second-order valence-corrected chi connectivity index (χ2v) is 6.63. The molecule has 1 aromatic heterocycles. The number of carbonyl (C=O) groups is 2. The van der Waals surface area contributed by atoms with Crippen LogP contribution in [0.3, 0.4) is 0 Å². The Balaban J connectivity index is 1.55. The average molecular weight is 352 g/mol. The molecule has 0 atom stereocenters. The van der Waals surface area contributed by atoms with Gasteiger partial charge >= 0.3 is 6.03 Å². The van der Waals surface area contributed by atoms with Gasteiger partial charge in [-0.3, -0.25) is 10.1 Å². The molecular weight excluding hydrogens is 328 g/mol. The first-order chi connectivity index (χ1) is 12.6. The Morgan fingerprint density at radius 1 is 1.04 bits per heavy atom. The molecular formula is C20H24N4O2. The van der Waals surface area contributed by atoms with Crippen molar-refractivity contribution in [1.29, 1.82) is 0 Å². The molecule has 1 saturated carbocycles. The van der Waals surface area contributed by atoms with E-state index in [-0.39, 0.29) is 17.9 Å². The third kappa shape index (κ3) is 5.05. The van der Waals surface area contributed by atoms with Crippen LogP contribution in [-0.4, -0.2) is 22.8 Å². The Labute approximate surface area is 153 Å². The summed E-state index contributed by atoms with van der Waals surface area (Å²) in [5.74, 6) is 0.525. The summed E-state index contributed by atoms with van der Waals surface area (Å²) in [5, 5.41) is 8.97. The molecule has 26 heavy (non-hydrogen) atoms. The normalized spacial score (nSPS) is 14.5.